The van der Waals surface area contributed by atoms with E-state index in [1.54, 1.807) is 42.5 Å². The Kier molecular flexibility index (Phi) is 6.66. The monoisotopic (exact) mass is 441 g/mol. The molecule has 3 aromatic rings. The summed E-state index contributed by atoms with van der Waals surface area (Å²) in [6, 6.07) is 16.7. The van der Waals surface area contributed by atoms with Crippen LogP contribution in [0.2, 0.25) is 10.0 Å². The van der Waals surface area contributed by atoms with Gasteiger partial charge in [-0.25, -0.2) is 0 Å². The molecule has 0 unspecified atom stereocenters. The lowest BCUT2D eigenvalue weighted by Gasteiger charge is -2.09. The third kappa shape index (κ3) is 5.34. The van der Waals surface area contributed by atoms with Gasteiger partial charge >= 0.3 is 0 Å². The van der Waals surface area contributed by atoms with Crippen LogP contribution in [0.3, 0.4) is 0 Å². The molecule has 4 N–H and O–H groups in total. The van der Waals surface area contributed by atoms with Crippen molar-refractivity contribution in [3.8, 4) is 0 Å². The lowest BCUT2D eigenvalue weighted by atomic mass is 10.2. The summed E-state index contributed by atoms with van der Waals surface area (Å²) in [7, 11) is 0. The summed E-state index contributed by atoms with van der Waals surface area (Å²) in [5.74, 6) is -0.600. The average Bonchev–Trinajstić information content (AvgIpc) is 2.70. The number of nitrogens with zero attached hydrogens (tertiary/aromatic N) is 2. The first-order valence-corrected chi connectivity index (χ1v) is 9.53. The molecule has 0 aliphatic heterocycles. The summed E-state index contributed by atoms with van der Waals surface area (Å²) < 4.78 is 0. The van der Waals surface area contributed by atoms with Crippen LogP contribution >= 0.6 is 23.2 Å². The largest absolute Gasteiger partial charge is 0.399 e. The van der Waals surface area contributed by atoms with Crippen molar-refractivity contribution in [2.24, 2.45) is 10.2 Å². The average molecular weight is 442 g/mol. The Bertz CT molecular complexity index is 1110. The van der Waals surface area contributed by atoms with Crippen molar-refractivity contribution in [2.75, 3.05) is 16.4 Å². The van der Waals surface area contributed by atoms with E-state index in [-0.39, 0.29) is 21.9 Å². The van der Waals surface area contributed by atoms with E-state index in [4.69, 9.17) is 28.9 Å². The Morgan fingerprint density at radius 1 is 0.900 bits per heavy atom. The zero-order chi connectivity index (χ0) is 21.7. The smallest absolute Gasteiger partial charge is 0.255 e. The molecule has 0 atom stereocenters. The van der Waals surface area contributed by atoms with Gasteiger partial charge in [0.25, 0.3) is 5.91 Å². The summed E-state index contributed by atoms with van der Waals surface area (Å²) in [5.41, 5.74) is 8.28. The predicted octanol–water partition coefficient (Wildman–Crippen LogP) is 6.20. The molecule has 0 aromatic heterocycles. The van der Waals surface area contributed by atoms with Gasteiger partial charge in [0.2, 0.25) is 5.91 Å². The van der Waals surface area contributed by atoms with E-state index in [1.165, 1.54) is 19.1 Å². The minimum absolute atomic E-state index is 0.224. The topological polar surface area (TPSA) is 109 Å². The molecule has 2 amide bonds. The first kappa shape index (κ1) is 21.3. The Labute approximate surface area is 182 Å². The highest BCUT2D eigenvalue weighted by Gasteiger charge is 2.11. The minimum Gasteiger partial charge on any atom is -0.399 e. The van der Waals surface area contributed by atoms with E-state index in [9.17, 15) is 9.59 Å². The number of azo groups is 1. The molecule has 9 heteroatoms. The van der Waals surface area contributed by atoms with Crippen molar-refractivity contribution in [3.63, 3.8) is 0 Å². The van der Waals surface area contributed by atoms with Crippen molar-refractivity contribution in [1.29, 1.82) is 0 Å². The molecule has 0 bridgehead atoms. The zero-order valence-corrected chi connectivity index (χ0v) is 17.3. The van der Waals surface area contributed by atoms with Gasteiger partial charge in [0.15, 0.2) is 0 Å². The Balaban J connectivity index is 1.87. The maximum Gasteiger partial charge on any atom is 0.255 e. The zero-order valence-electron chi connectivity index (χ0n) is 15.8. The highest BCUT2D eigenvalue weighted by atomic mass is 35.5. The molecule has 0 saturated carbocycles. The molecule has 0 fully saturated rings. The summed E-state index contributed by atoms with van der Waals surface area (Å²) in [6.45, 7) is 1.35. The minimum atomic E-state index is -0.302. The van der Waals surface area contributed by atoms with Gasteiger partial charge in [0, 0.05) is 18.2 Å². The predicted molar refractivity (Wildman–Crippen MR) is 120 cm³/mol. The van der Waals surface area contributed by atoms with E-state index in [0.717, 1.165) is 0 Å². The molecule has 0 heterocycles. The number of halogens is 2. The second kappa shape index (κ2) is 9.39. The number of anilines is 3. The fourth-order valence-corrected chi connectivity index (χ4v) is 3.12. The second-order valence-corrected chi connectivity index (χ2v) is 7.08. The molecule has 0 saturated heterocycles. The molecular formula is C21H17Cl2N5O2. The van der Waals surface area contributed by atoms with Crippen LogP contribution in [0.1, 0.15) is 17.3 Å². The van der Waals surface area contributed by atoms with Crippen LogP contribution in [0.15, 0.2) is 70.9 Å². The van der Waals surface area contributed by atoms with E-state index in [1.807, 2.05) is 6.07 Å². The maximum atomic E-state index is 12.5. The van der Waals surface area contributed by atoms with Crippen molar-refractivity contribution in [2.45, 2.75) is 6.92 Å². The highest BCUT2D eigenvalue weighted by molar-refractivity contribution is 6.40. The maximum absolute atomic E-state index is 12.5. The third-order valence-corrected chi connectivity index (χ3v) is 4.50. The molecule has 7 nitrogen and oxygen atoms in total. The number of carbonyl (C=O) groups is 2. The summed E-state index contributed by atoms with van der Waals surface area (Å²) in [4.78, 5) is 23.7. The number of benzene rings is 3. The normalized spacial score (nSPS) is 10.8. The quantitative estimate of drug-likeness (QED) is 0.323. The first-order valence-electron chi connectivity index (χ1n) is 8.78. The van der Waals surface area contributed by atoms with E-state index in [0.29, 0.717) is 34.0 Å². The number of nitrogen functional groups attached to an aromatic ring is 1. The summed E-state index contributed by atoms with van der Waals surface area (Å²) >= 11 is 12.3. The van der Waals surface area contributed by atoms with E-state index in [2.05, 4.69) is 20.9 Å². The number of hydrogen-bond donors (Lipinski definition) is 3. The lowest BCUT2D eigenvalue weighted by Crippen LogP contribution is -2.11. The number of rotatable bonds is 5. The van der Waals surface area contributed by atoms with Gasteiger partial charge in [-0.3, -0.25) is 9.59 Å². The standard InChI is InChI=1S/C21H17Cl2N5O2/c1-12(29)25-20-16(22)10-15(11-17(20)23)27-28-18-8-7-14(24)9-19(18)26-21(30)13-5-3-2-4-6-13/h2-11H,24H2,1H3,(H,25,29)(H,26,30). The van der Waals surface area contributed by atoms with Crippen molar-refractivity contribution in [1.82, 2.24) is 0 Å². The third-order valence-electron chi connectivity index (χ3n) is 3.91. The van der Waals surface area contributed by atoms with Crippen molar-refractivity contribution in [3.05, 3.63) is 76.3 Å². The molecule has 3 aromatic carbocycles. The highest BCUT2D eigenvalue weighted by Crippen LogP contribution is 2.36. The number of carbonyl (C=O) groups excluding carboxylic acids is 2. The molecule has 3 rings (SSSR count). The van der Waals surface area contributed by atoms with Gasteiger partial charge in [-0.05, 0) is 42.5 Å². The Morgan fingerprint density at radius 3 is 2.20 bits per heavy atom. The fourth-order valence-electron chi connectivity index (χ4n) is 2.55. The van der Waals surface area contributed by atoms with E-state index < -0.39 is 0 Å². The van der Waals surface area contributed by atoms with Gasteiger partial charge in [0.05, 0.1) is 27.1 Å². The van der Waals surface area contributed by atoms with Crippen LogP contribution in [0.4, 0.5) is 28.4 Å². The molecule has 30 heavy (non-hydrogen) atoms. The van der Waals surface area contributed by atoms with Crippen LogP contribution < -0.4 is 16.4 Å². The van der Waals surface area contributed by atoms with Gasteiger partial charge in [-0.1, -0.05) is 41.4 Å². The molecule has 152 valence electrons. The number of nitrogens with two attached hydrogens (primary N) is 1. The number of amides is 2. The molecule has 0 aliphatic carbocycles. The summed E-state index contributed by atoms with van der Waals surface area (Å²) in [5, 5.41) is 14.1. The van der Waals surface area contributed by atoms with Crippen LogP contribution in [0.5, 0.6) is 0 Å². The molecule has 0 radical (unpaired) electrons. The number of hydrogen-bond acceptors (Lipinski definition) is 5. The Morgan fingerprint density at radius 2 is 1.57 bits per heavy atom. The van der Waals surface area contributed by atoms with Crippen LogP contribution in [-0.2, 0) is 4.79 Å². The number of nitrogens with one attached hydrogen (secondary N) is 2. The van der Waals surface area contributed by atoms with Gasteiger partial charge in [-0.2, -0.15) is 5.11 Å². The van der Waals surface area contributed by atoms with Gasteiger partial charge < -0.3 is 16.4 Å². The van der Waals surface area contributed by atoms with Crippen molar-refractivity contribution >= 4 is 63.5 Å². The first-order chi connectivity index (χ1) is 14.3. The van der Waals surface area contributed by atoms with E-state index >= 15 is 0 Å². The molecular weight excluding hydrogens is 425 g/mol. The molecule has 0 aliphatic rings. The second-order valence-electron chi connectivity index (χ2n) is 6.26. The van der Waals surface area contributed by atoms with Crippen LogP contribution in [-0.4, -0.2) is 11.8 Å². The van der Waals surface area contributed by atoms with Crippen LogP contribution in [0.25, 0.3) is 0 Å². The van der Waals surface area contributed by atoms with Crippen LogP contribution in [0, 0.1) is 0 Å². The van der Waals surface area contributed by atoms with Gasteiger partial charge in [0.1, 0.15) is 5.69 Å². The van der Waals surface area contributed by atoms with Gasteiger partial charge in [-0.15, -0.1) is 5.11 Å². The molecule has 0 spiro atoms. The SMILES string of the molecule is CC(=O)Nc1c(Cl)cc(N=Nc2ccc(N)cc2NC(=O)c2ccccc2)cc1Cl. The lowest BCUT2D eigenvalue weighted by molar-refractivity contribution is -0.114. The fraction of sp³-hybridized carbons (Fsp3) is 0.0476. The summed E-state index contributed by atoms with van der Waals surface area (Å²) in [6.07, 6.45) is 0. The Hall–Kier alpha value is -3.42. The van der Waals surface area contributed by atoms with Crippen molar-refractivity contribution < 1.29 is 9.59 Å².